The van der Waals surface area contributed by atoms with Crippen LogP contribution in [0.5, 0.6) is 0 Å². The normalized spacial score (nSPS) is 29.6. The highest BCUT2D eigenvalue weighted by Crippen LogP contribution is 2.36. The fraction of sp³-hybridized carbons (Fsp3) is 0.606. The zero-order chi connectivity index (χ0) is 38.7. The monoisotopic (exact) mass is 727 g/mol. The molecule has 0 radical (unpaired) electrons. The lowest BCUT2D eigenvalue weighted by Crippen LogP contribution is -2.67. The van der Waals surface area contributed by atoms with Crippen molar-refractivity contribution in [1.29, 1.82) is 0 Å². The molecule has 2 aliphatic rings. The summed E-state index contributed by atoms with van der Waals surface area (Å²) < 4.78 is 70.8. The van der Waals surface area contributed by atoms with E-state index in [4.69, 9.17) is 53.5 Å². The molecule has 0 amide bonds. The van der Waals surface area contributed by atoms with E-state index in [9.17, 15) is 33.6 Å². The molecular formula is C33H42O18. The zero-order valence-corrected chi connectivity index (χ0v) is 29.0. The van der Waals surface area contributed by atoms with Crippen molar-refractivity contribution >= 4 is 41.8 Å². The summed E-state index contributed by atoms with van der Waals surface area (Å²) >= 11 is 0. The van der Waals surface area contributed by atoms with Gasteiger partial charge in [0.25, 0.3) is 0 Å². The number of rotatable bonds is 14. The van der Waals surface area contributed by atoms with Crippen LogP contribution < -0.4 is 0 Å². The molecule has 18 nitrogen and oxygen atoms in total. The first-order valence-electron chi connectivity index (χ1n) is 16.3. The molecular weight excluding hydrogens is 684 g/mol. The highest BCUT2D eigenvalue weighted by atomic mass is 16.8. The van der Waals surface area contributed by atoms with Crippen LogP contribution in [0.1, 0.15) is 55.4 Å². The summed E-state index contributed by atoms with van der Waals surface area (Å²) in [4.78, 5) is 85.5. The van der Waals surface area contributed by atoms with E-state index >= 15 is 0 Å². The van der Waals surface area contributed by atoms with Crippen LogP contribution in [-0.2, 0) is 92.3 Å². The number of benzene rings is 1. The van der Waals surface area contributed by atoms with Gasteiger partial charge in [0.1, 0.15) is 31.5 Å². The summed E-state index contributed by atoms with van der Waals surface area (Å²) in [5, 5.41) is 0. The third-order valence-corrected chi connectivity index (χ3v) is 7.03. The van der Waals surface area contributed by atoms with Crippen LogP contribution in [0.4, 0.5) is 0 Å². The predicted octanol–water partition coefficient (Wildman–Crippen LogP) is 0.823. The Balaban J connectivity index is 2.18. The number of hydrogen-bond acceptors (Lipinski definition) is 18. The van der Waals surface area contributed by atoms with E-state index in [-0.39, 0.29) is 0 Å². The van der Waals surface area contributed by atoms with E-state index in [1.165, 1.54) is 0 Å². The van der Waals surface area contributed by atoms with E-state index < -0.39 is 123 Å². The molecule has 3 rings (SSSR count). The molecule has 2 unspecified atom stereocenters. The fourth-order valence-corrected chi connectivity index (χ4v) is 5.25. The molecule has 2 fully saturated rings. The summed E-state index contributed by atoms with van der Waals surface area (Å²) in [6.07, 6.45) is -16.2. The van der Waals surface area contributed by atoms with Crippen molar-refractivity contribution in [2.45, 2.75) is 116 Å². The molecule has 2 heterocycles. The van der Waals surface area contributed by atoms with Gasteiger partial charge in [-0.25, -0.2) is 0 Å². The first kappa shape index (κ1) is 39.1. The molecule has 0 spiro atoms. The Labute approximate surface area is 294 Å². The summed E-state index contributed by atoms with van der Waals surface area (Å²) in [6.45, 7) is 4.82. The number of carbonyl (C=O) groups is 7. The van der Waals surface area contributed by atoms with Crippen LogP contribution >= 0.6 is 0 Å². The average molecular weight is 728 g/mol. The fourth-order valence-electron chi connectivity index (χ4n) is 5.25. The molecule has 282 valence electrons. The van der Waals surface area contributed by atoms with Crippen molar-refractivity contribution in [3.8, 4) is 0 Å². The molecule has 0 saturated carbocycles. The Kier molecular flexibility index (Phi) is 14.7. The predicted molar refractivity (Wildman–Crippen MR) is 164 cm³/mol. The molecule has 1 aromatic carbocycles. The maximum absolute atomic E-state index is 12.6. The van der Waals surface area contributed by atoms with Gasteiger partial charge in [-0.2, -0.15) is 0 Å². The minimum absolute atomic E-state index is 0.347. The summed E-state index contributed by atoms with van der Waals surface area (Å²) in [7, 11) is 0. The standard InChI is InChI=1S/C33H42O18/c1-16(34)41-14-24-26(44-18(3)36)28(43-13-23-11-9-8-10-12-23)30(47-21(6)39)33(50-24)51-31-29(46-20(5)38)27(45-19(4)37)25(15-42-17(2)35)49-32(31)48-22(7)40/h8-12,24-33H,13-15H2,1-7H3/t24-,25+,26-,27-,28-,29+,30+,31+,32+,33?/m1/s1/i13D/t13?,24-,25+,26-,27-,28-,29+,30+,31+,32+,33?. The number of hydrogen-bond donors (Lipinski definition) is 0. The maximum Gasteiger partial charge on any atom is 0.305 e. The van der Waals surface area contributed by atoms with Crippen molar-refractivity contribution < 1.29 is 87.0 Å². The van der Waals surface area contributed by atoms with Crippen LogP contribution in [0.15, 0.2) is 30.3 Å². The summed E-state index contributed by atoms with van der Waals surface area (Å²) in [6, 6.07) is 8.16. The van der Waals surface area contributed by atoms with Gasteiger partial charge in [-0.15, -0.1) is 0 Å². The number of ether oxygens (including phenoxy) is 11. The second kappa shape index (κ2) is 19.1. The lowest BCUT2D eigenvalue weighted by Gasteiger charge is -2.48. The highest BCUT2D eigenvalue weighted by Gasteiger charge is 2.57. The van der Waals surface area contributed by atoms with E-state index in [2.05, 4.69) is 0 Å². The molecule has 1 aromatic rings. The average Bonchev–Trinajstić information content (AvgIpc) is 3.03. The maximum atomic E-state index is 12.6. The Morgan fingerprint density at radius 2 is 0.961 bits per heavy atom. The molecule has 0 aromatic heterocycles. The van der Waals surface area contributed by atoms with Crippen LogP contribution in [0.3, 0.4) is 0 Å². The van der Waals surface area contributed by atoms with E-state index in [0.29, 0.717) is 5.56 Å². The molecule has 0 aliphatic carbocycles. The minimum Gasteiger partial charge on any atom is -0.463 e. The SMILES string of the molecule is [2H]C(O[C@@H]1[C@H](OC(C)=O)[C@@H](COC(C)=O)OC(O[C@@H]2[C@@H](OC(C)=O)O[C@@H](COC(C)=O)[C@@H](OC(C)=O)[C@@H]2OC(C)=O)[C@H]1OC(C)=O)c1ccccc1. The van der Waals surface area contributed by atoms with Gasteiger partial charge in [0.05, 0.1) is 7.95 Å². The summed E-state index contributed by atoms with van der Waals surface area (Å²) in [5.41, 5.74) is 0.347. The largest absolute Gasteiger partial charge is 0.463 e. The molecule has 18 heteroatoms. The van der Waals surface area contributed by atoms with Crippen molar-refractivity contribution in [3.63, 3.8) is 0 Å². The lowest BCUT2D eigenvalue weighted by molar-refractivity contribution is -0.366. The Bertz CT molecular complexity index is 1440. The van der Waals surface area contributed by atoms with E-state index in [1.54, 1.807) is 30.3 Å². The quantitative estimate of drug-likeness (QED) is 0.191. The Morgan fingerprint density at radius 3 is 1.43 bits per heavy atom. The van der Waals surface area contributed by atoms with Gasteiger partial charge in [-0.05, 0) is 5.56 Å². The Hall–Kier alpha value is -4.65. The second-order valence-corrected chi connectivity index (χ2v) is 11.3. The lowest BCUT2D eigenvalue weighted by atomic mass is 9.96. The molecule has 11 atom stereocenters. The van der Waals surface area contributed by atoms with E-state index in [0.717, 1.165) is 48.5 Å². The van der Waals surface area contributed by atoms with Gasteiger partial charge in [-0.1, -0.05) is 30.3 Å². The minimum atomic E-state index is -1.84. The molecule has 0 N–H and O–H groups in total. The first-order valence-corrected chi connectivity index (χ1v) is 15.7. The van der Waals surface area contributed by atoms with Gasteiger partial charge in [0, 0.05) is 48.5 Å². The molecule has 0 bridgehead atoms. The number of carbonyl (C=O) groups excluding carboxylic acids is 7. The van der Waals surface area contributed by atoms with Crippen molar-refractivity contribution in [1.82, 2.24) is 0 Å². The summed E-state index contributed by atoms with van der Waals surface area (Å²) in [5.74, 6) is -5.96. The van der Waals surface area contributed by atoms with Crippen LogP contribution in [0.25, 0.3) is 0 Å². The topological polar surface area (TPSA) is 221 Å². The van der Waals surface area contributed by atoms with Gasteiger partial charge < -0.3 is 52.1 Å². The van der Waals surface area contributed by atoms with Crippen molar-refractivity contribution in [2.75, 3.05) is 13.2 Å². The molecule has 2 saturated heterocycles. The van der Waals surface area contributed by atoms with Gasteiger partial charge in [0.2, 0.25) is 6.29 Å². The van der Waals surface area contributed by atoms with Crippen LogP contribution in [-0.4, -0.2) is 116 Å². The van der Waals surface area contributed by atoms with Gasteiger partial charge in [0.15, 0.2) is 36.8 Å². The van der Waals surface area contributed by atoms with Gasteiger partial charge in [-0.3, -0.25) is 33.6 Å². The Morgan fingerprint density at radius 1 is 0.529 bits per heavy atom. The van der Waals surface area contributed by atoms with E-state index in [1.807, 2.05) is 0 Å². The third kappa shape index (κ3) is 12.6. The smallest absolute Gasteiger partial charge is 0.305 e. The first-order chi connectivity index (χ1) is 24.5. The van der Waals surface area contributed by atoms with Crippen molar-refractivity contribution in [2.24, 2.45) is 0 Å². The second-order valence-electron chi connectivity index (χ2n) is 11.3. The molecule has 51 heavy (non-hydrogen) atoms. The molecule has 2 aliphatic heterocycles. The van der Waals surface area contributed by atoms with Crippen LogP contribution in [0, 0.1) is 0 Å². The third-order valence-electron chi connectivity index (χ3n) is 7.03. The zero-order valence-electron chi connectivity index (χ0n) is 30.0. The van der Waals surface area contributed by atoms with Crippen molar-refractivity contribution in [3.05, 3.63) is 35.9 Å². The highest BCUT2D eigenvalue weighted by molar-refractivity contribution is 5.69. The van der Waals surface area contributed by atoms with Gasteiger partial charge >= 0.3 is 41.8 Å². The van der Waals surface area contributed by atoms with Crippen LogP contribution in [0.2, 0.25) is 0 Å². The number of esters is 7.